The van der Waals surface area contributed by atoms with E-state index < -0.39 is 48.2 Å². The van der Waals surface area contributed by atoms with Crippen LogP contribution in [0, 0.1) is 0 Å². The molecule has 0 bridgehead atoms. The number of carboxylic acids is 1. The maximum atomic E-state index is 12.8. The van der Waals surface area contributed by atoms with Gasteiger partial charge in [-0.05, 0) is 30.3 Å². The first kappa shape index (κ1) is 23.8. The van der Waals surface area contributed by atoms with Crippen LogP contribution in [-0.2, 0) is 19.9 Å². The number of cyclic esters (lactones) is 1. The summed E-state index contributed by atoms with van der Waals surface area (Å²) in [5.74, 6) is -1.82. The van der Waals surface area contributed by atoms with Crippen molar-refractivity contribution in [3.05, 3.63) is 95.1 Å². The minimum absolute atomic E-state index is 0.0493. The van der Waals surface area contributed by atoms with Gasteiger partial charge in [-0.25, -0.2) is 9.59 Å². The number of rotatable bonds is 5. The van der Waals surface area contributed by atoms with Gasteiger partial charge < -0.3 is 39.7 Å². The third kappa shape index (κ3) is 3.76. The second kappa shape index (κ2) is 8.92. The monoisotopic (exact) mass is 494 g/mol. The molecule has 2 heterocycles. The Morgan fingerprint density at radius 2 is 1.44 bits per heavy atom. The summed E-state index contributed by atoms with van der Waals surface area (Å²) in [6, 6.07) is 19.5. The second-order valence-electron chi connectivity index (χ2n) is 8.54. The zero-order valence-electron chi connectivity index (χ0n) is 18.6. The predicted octanol–water partition coefficient (Wildman–Crippen LogP) is 1.13. The molecule has 6 atom stereocenters. The van der Waals surface area contributed by atoms with E-state index in [-0.39, 0.29) is 11.5 Å². The predicted molar refractivity (Wildman–Crippen MR) is 121 cm³/mol. The molecule has 3 aromatic carbocycles. The molecule has 36 heavy (non-hydrogen) atoms. The maximum absolute atomic E-state index is 12.8. The number of aliphatic hydroxyl groups is 3. The lowest BCUT2D eigenvalue weighted by Gasteiger charge is -2.38. The van der Waals surface area contributed by atoms with Gasteiger partial charge in [-0.1, -0.05) is 42.5 Å². The summed E-state index contributed by atoms with van der Waals surface area (Å²) in [4.78, 5) is 24.1. The number of carbonyl (C=O) groups excluding carboxylic acids is 1. The van der Waals surface area contributed by atoms with Crippen LogP contribution >= 0.6 is 0 Å². The molecular weight excluding hydrogens is 472 g/mol. The highest BCUT2D eigenvalue weighted by Gasteiger charge is 2.49. The Labute approximate surface area is 204 Å². The average Bonchev–Trinajstić information content (AvgIpc) is 3.18. The van der Waals surface area contributed by atoms with Gasteiger partial charge in [0.1, 0.15) is 29.8 Å². The molecule has 10 nitrogen and oxygen atoms in total. The molecule has 5 N–H and O–H groups in total. The van der Waals surface area contributed by atoms with E-state index in [0.29, 0.717) is 22.3 Å². The summed E-state index contributed by atoms with van der Waals surface area (Å²) in [5, 5.41) is 49.1. The Balaban J connectivity index is 1.50. The second-order valence-corrected chi connectivity index (χ2v) is 8.54. The van der Waals surface area contributed by atoms with Crippen molar-refractivity contribution in [2.45, 2.75) is 36.3 Å². The Hall–Kier alpha value is -3.96. The first-order valence-corrected chi connectivity index (χ1v) is 11.0. The zero-order valence-corrected chi connectivity index (χ0v) is 18.6. The molecule has 0 aromatic heterocycles. The van der Waals surface area contributed by atoms with Crippen LogP contribution in [0.25, 0.3) is 0 Å². The summed E-state index contributed by atoms with van der Waals surface area (Å²) < 4.78 is 16.7. The third-order valence-electron chi connectivity index (χ3n) is 6.37. The van der Waals surface area contributed by atoms with Gasteiger partial charge in [-0.3, -0.25) is 0 Å². The molecule has 10 heteroatoms. The van der Waals surface area contributed by atoms with Crippen molar-refractivity contribution in [2.24, 2.45) is 0 Å². The molecule has 0 spiro atoms. The first-order valence-electron chi connectivity index (χ1n) is 11.0. The number of aliphatic hydroxyl groups excluding tert-OH is 3. The number of hydrogen-bond donors (Lipinski definition) is 5. The van der Waals surface area contributed by atoms with Gasteiger partial charge in [0, 0.05) is 16.7 Å². The van der Waals surface area contributed by atoms with Crippen LogP contribution in [0.15, 0.2) is 72.8 Å². The molecular formula is C26H22O10. The number of aliphatic carboxylic acids is 1. The summed E-state index contributed by atoms with van der Waals surface area (Å²) in [6.07, 6.45) is -8.69. The van der Waals surface area contributed by atoms with Gasteiger partial charge >= 0.3 is 11.9 Å². The van der Waals surface area contributed by atoms with Crippen LogP contribution in [0.2, 0.25) is 0 Å². The van der Waals surface area contributed by atoms with Crippen molar-refractivity contribution in [3.8, 4) is 11.5 Å². The standard InChI is InChI=1S/C26H22O10/c27-15-9-5-13(6-10-15)26(18-4-2-1-3-17(18)24(33)36-26)14-7-11-16(12-8-14)34-25-21(30)19(28)20(29)22(35-25)23(31)32/h1-12,19-22,25,27-30H,(H,31,32)/t19-,20+,21-,22+,25-,26-/m1/s1. The van der Waals surface area contributed by atoms with Crippen molar-refractivity contribution in [1.82, 2.24) is 0 Å². The number of carboxylic acid groups (broad SMARTS) is 1. The number of esters is 1. The molecule has 1 fully saturated rings. The highest BCUT2D eigenvalue weighted by molar-refractivity contribution is 5.96. The molecule has 0 unspecified atom stereocenters. The molecule has 2 aliphatic heterocycles. The third-order valence-corrected chi connectivity index (χ3v) is 6.37. The normalized spacial score (nSPS) is 29.3. The SMILES string of the molecule is O=C1O[C@](c2ccc(O)cc2)(c2ccc(O[C@@H]3O[C@H](C(=O)O)[C@@H](O)[C@@H](O)[C@H]3O)cc2)c2ccccc21. The van der Waals surface area contributed by atoms with E-state index in [1.54, 1.807) is 48.5 Å². The Morgan fingerprint density at radius 3 is 2.08 bits per heavy atom. The molecule has 186 valence electrons. The number of ether oxygens (including phenoxy) is 3. The lowest BCUT2D eigenvalue weighted by atomic mass is 9.80. The summed E-state index contributed by atoms with van der Waals surface area (Å²) in [5.41, 5.74) is 0.858. The fourth-order valence-corrected chi connectivity index (χ4v) is 4.56. The number of carbonyl (C=O) groups is 2. The minimum atomic E-state index is -1.83. The first-order chi connectivity index (χ1) is 17.2. The van der Waals surface area contributed by atoms with E-state index in [2.05, 4.69) is 0 Å². The van der Waals surface area contributed by atoms with Gasteiger partial charge in [0.05, 0.1) is 5.56 Å². The van der Waals surface area contributed by atoms with Crippen molar-refractivity contribution in [1.29, 1.82) is 0 Å². The van der Waals surface area contributed by atoms with Gasteiger partial charge in [-0.15, -0.1) is 0 Å². The maximum Gasteiger partial charge on any atom is 0.340 e. The Kier molecular flexibility index (Phi) is 5.89. The fourth-order valence-electron chi connectivity index (χ4n) is 4.56. The van der Waals surface area contributed by atoms with Gasteiger partial charge in [0.15, 0.2) is 11.7 Å². The Bertz CT molecular complexity index is 1290. The molecule has 2 aliphatic rings. The number of hydrogen-bond acceptors (Lipinski definition) is 9. The molecule has 0 amide bonds. The van der Waals surface area contributed by atoms with Crippen LogP contribution in [0.3, 0.4) is 0 Å². The van der Waals surface area contributed by atoms with Gasteiger partial charge in [-0.2, -0.15) is 0 Å². The molecule has 3 aromatic rings. The van der Waals surface area contributed by atoms with Crippen molar-refractivity contribution in [2.75, 3.05) is 0 Å². The molecule has 0 saturated carbocycles. The van der Waals surface area contributed by atoms with Crippen molar-refractivity contribution >= 4 is 11.9 Å². The van der Waals surface area contributed by atoms with E-state index >= 15 is 0 Å². The van der Waals surface area contributed by atoms with Gasteiger partial charge in [0.25, 0.3) is 0 Å². The largest absolute Gasteiger partial charge is 0.508 e. The fraction of sp³-hybridized carbons (Fsp3) is 0.231. The quantitative estimate of drug-likeness (QED) is 0.325. The van der Waals surface area contributed by atoms with E-state index in [0.717, 1.165) is 0 Å². The lowest BCUT2D eigenvalue weighted by Crippen LogP contribution is -2.61. The average molecular weight is 494 g/mol. The smallest absolute Gasteiger partial charge is 0.340 e. The molecule has 0 aliphatic carbocycles. The van der Waals surface area contributed by atoms with Crippen molar-refractivity contribution < 1.29 is 49.3 Å². The molecule has 0 radical (unpaired) electrons. The van der Waals surface area contributed by atoms with E-state index in [1.165, 1.54) is 24.3 Å². The van der Waals surface area contributed by atoms with Crippen LogP contribution in [-0.4, -0.2) is 68.2 Å². The van der Waals surface area contributed by atoms with Crippen LogP contribution in [0.4, 0.5) is 0 Å². The summed E-state index contributed by atoms with van der Waals surface area (Å²) in [7, 11) is 0. The van der Waals surface area contributed by atoms with Crippen molar-refractivity contribution in [3.63, 3.8) is 0 Å². The Morgan fingerprint density at radius 1 is 0.833 bits per heavy atom. The van der Waals surface area contributed by atoms with Gasteiger partial charge in [0.2, 0.25) is 6.29 Å². The van der Waals surface area contributed by atoms with Crippen LogP contribution in [0.1, 0.15) is 27.0 Å². The number of phenols is 1. The van der Waals surface area contributed by atoms with E-state index in [4.69, 9.17) is 14.2 Å². The van der Waals surface area contributed by atoms with Crippen LogP contribution < -0.4 is 4.74 Å². The topological polar surface area (TPSA) is 163 Å². The lowest BCUT2D eigenvalue weighted by molar-refractivity contribution is -0.271. The minimum Gasteiger partial charge on any atom is -0.508 e. The number of aromatic hydroxyl groups is 1. The highest BCUT2D eigenvalue weighted by Crippen LogP contribution is 2.47. The molecule has 1 saturated heterocycles. The molecule has 5 rings (SSSR count). The summed E-state index contributed by atoms with van der Waals surface area (Å²) >= 11 is 0. The number of fused-ring (bicyclic) bond motifs is 1. The summed E-state index contributed by atoms with van der Waals surface area (Å²) in [6.45, 7) is 0. The van der Waals surface area contributed by atoms with E-state index in [1.807, 2.05) is 0 Å². The highest BCUT2D eigenvalue weighted by atomic mass is 16.7. The number of benzene rings is 3. The number of phenolic OH excluding ortho intramolecular Hbond substituents is 1. The zero-order chi connectivity index (χ0) is 25.6. The van der Waals surface area contributed by atoms with Crippen LogP contribution in [0.5, 0.6) is 11.5 Å². The van der Waals surface area contributed by atoms with E-state index in [9.17, 15) is 35.1 Å².